The molecule has 0 amide bonds. The third kappa shape index (κ3) is 2.29. The Bertz CT molecular complexity index is 666. The van der Waals surface area contributed by atoms with Gasteiger partial charge in [-0.2, -0.15) is 0 Å². The number of benzene rings is 2. The number of nitrogens with one attached hydrogen (secondary N) is 1. The zero-order valence-electron chi connectivity index (χ0n) is 11.8. The molecule has 1 fully saturated rings. The third-order valence-electron chi connectivity index (χ3n) is 4.80. The van der Waals surface area contributed by atoms with Crippen molar-refractivity contribution in [3.8, 4) is 5.75 Å². The summed E-state index contributed by atoms with van der Waals surface area (Å²) < 4.78 is 7.02. The second-order valence-electron chi connectivity index (χ2n) is 6.14. The molecule has 0 radical (unpaired) electrons. The topological polar surface area (TPSA) is 21.3 Å². The molecule has 2 aliphatic heterocycles. The molecule has 0 spiro atoms. The van der Waals surface area contributed by atoms with Crippen molar-refractivity contribution >= 4 is 15.9 Å². The highest BCUT2D eigenvalue weighted by Gasteiger charge is 2.42. The highest BCUT2D eigenvalue weighted by Crippen LogP contribution is 2.44. The number of hydrogen-bond acceptors (Lipinski definition) is 2. The fourth-order valence-corrected chi connectivity index (χ4v) is 3.98. The maximum atomic E-state index is 5.86. The van der Waals surface area contributed by atoms with Gasteiger partial charge >= 0.3 is 0 Å². The van der Waals surface area contributed by atoms with Crippen LogP contribution in [0.1, 0.15) is 23.5 Å². The molecule has 1 unspecified atom stereocenters. The smallest absolute Gasteiger partial charge is 0.122 e. The lowest BCUT2D eigenvalue weighted by atomic mass is 9.69. The van der Waals surface area contributed by atoms with Crippen molar-refractivity contribution in [3.63, 3.8) is 0 Å². The van der Waals surface area contributed by atoms with E-state index in [-0.39, 0.29) is 5.41 Å². The highest BCUT2D eigenvalue weighted by atomic mass is 79.9. The summed E-state index contributed by atoms with van der Waals surface area (Å²) in [6, 6.07) is 17.2. The molecular formula is C18H18BrNO. The zero-order valence-corrected chi connectivity index (χ0v) is 13.4. The maximum absolute atomic E-state index is 5.86. The number of rotatable bonds is 3. The van der Waals surface area contributed by atoms with Gasteiger partial charge in [-0.25, -0.2) is 0 Å². The van der Waals surface area contributed by atoms with E-state index in [1.165, 1.54) is 11.1 Å². The van der Waals surface area contributed by atoms with Crippen LogP contribution in [-0.2, 0) is 5.41 Å². The van der Waals surface area contributed by atoms with Crippen LogP contribution < -0.4 is 10.1 Å². The van der Waals surface area contributed by atoms with Crippen molar-refractivity contribution in [3.05, 3.63) is 64.1 Å². The first kappa shape index (κ1) is 13.4. The Morgan fingerprint density at radius 1 is 1.14 bits per heavy atom. The van der Waals surface area contributed by atoms with Gasteiger partial charge in [0, 0.05) is 34.5 Å². The molecule has 3 heteroatoms. The largest absolute Gasteiger partial charge is 0.493 e. The molecule has 2 aliphatic rings. The normalized spacial score (nSPS) is 22.2. The van der Waals surface area contributed by atoms with E-state index in [9.17, 15) is 0 Å². The third-order valence-corrected chi connectivity index (χ3v) is 5.29. The first-order chi connectivity index (χ1) is 10.3. The van der Waals surface area contributed by atoms with Gasteiger partial charge < -0.3 is 10.1 Å². The Hall–Kier alpha value is -1.32. The molecule has 1 N–H and O–H groups in total. The summed E-state index contributed by atoms with van der Waals surface area (Å²) in [5.74, 6) is 1.57. The van der Waals surface area contributed by atoms with Gasteiger partial charge in [0.05, 0.1) is 6.61 Å². The van der Waals surface area contributed by atoms with Gasteiger partial charge in [-0.3, -0.25) is 0 Å². The zero-order chi connectivity index (χ0) is 14.3. The second-order valence-corrected chi connectivity index (χ2v) is 7.06. The average molecular weight is 344 g/mol. The summed E-state index contributed by atoms with van der Waals surface area (Å²) in [7, 11) is 0. The summed E-state index contributed by atoms with van der Waals surface area (Å²) in [6.07, 6.45) is 1.15. The molecule has 0 bridgehead atoms. The highest BCUT2D eigenvalue weighted by molar-refractivity contribution is 9.10. The van der Waals surface area contributed by atoms with E-state index in [1.54, 1.807) is 0 Å². The average Bonchev–Trinajstić information content (AvgIpc) is 2.86. The van der Waals surface area contributed by atoms with Gasteiger partial charge in [-0.05, 0) is 30.2 Å². The maximum Gasteiger partial charge on any atom is 0.122 e. The minimum Gasteiger partial charge on any atom is -0.493 e. The van der Waals surface area contributed by atoms with Gasteiger partial charge in [0.15, 0.2) is 0 Å². The van der Waals surface area contributed by atoms with Crippen LogP contribution in [0.25, 0.3) is 0 Å². The van der Waals surface area contributed by atoms with Crippen molar-refractivity contribution in [1.29, 1.82) is 0 Å². The van der Waals surface area contributed by atoms with Gasteiger partial charge in [0.25, 0.3) is 0 Å². The van der Waals surface area contributed by atoms with Gasteiger partial charge in [-0.1, -0.05) is 46.3 Å². The van der Waals surface area contributed by atoms with E-state index in [4.69, 9.17) is 4.74 Å². The SMILES string of the molecule is Brc1cccc(C2(CC3COc4ccccc43)CNC2)c1. The van der Waals surface area contributed by atoms with Crippen molar-refractivity contribution < 1.29 is 4.74 Å². The number of hydrogen-bond donors (Lipinski definition) is 1. The Balaban J connectivity index is 1.64. The molecule has 1 atom stereocenters. The summed E-state index contributed by atoms with van der Waals surface area (Å²) in [4.78, 5) is 0. The van der Waals surface area contributed by atoms with E-state index < -0.39 is 0 Å². The summed E-state index contributed by atoms with van der Waals surface area (Å²) in [6.45, 7) is 2.93. The number of halogens is 1. The molecule has 0 saturated carbocycles. The van der Waals surface area contributed by atoms with Crippen molar-refractivity contribution in [2.75, 3.05) is 19.7 Å². The lowest BCUT2D eigenvalue weighted by Gasteiger charge is -2.45. The van der Waals surface area contributed by atoms with Gasteiger partial charge in [0.2, 0.25) is 0 Å². The van der Waals surface area contributed by atoms with Crippen molar-refractivity contribution in [1.82, 2.24) is 5.32 Å². The molecule has 2 aromatic rings. The van der Waals surface area contributed by atoms with Crippen LogP contribution >= 0.6 is 15.9 Å². The Kier molecular flexibility index (Phi) is 3.27. The summed E-state index contributed by atoms with van der Waals surface area (Å²) in [5, 5.41) is 3.46. The lowest BCUT2D eigenvalue weighted by molar-refractivity contribution is 0.221. The number of fused-ring (bicyclic) bond motifs is 1. The van der Waals surface area contributed by atoms with E-state index in [0.717, 1.165) is 36.3 Å². The van der Waals surface area contributed by atoms with Crippen LogP contribution in [0.15, 0.2) is 53.0 Å². The van der Waals surface area contributed by atoms with Gasteiger partial charge in [-0.15, -0.1) is 0 Å². The van der Waals surface area contributed by atoms with Crippen LogP contribution in [0.5, 0.6) is 5.75 Å². The first-order valence-electron chi connectivity index (χ1n) is 7.45. The van der Waals surface area contributed by atoms with Crippen molar-refractivity contribution in [2.24, 2.45) is 0 Å². The predicted octanol–water partition coefficient (Wildman–Crippen LogP) is 3.86. The lowest BCUT2D eigenvalue weighted by Crippen LogP contribution is -2.57. The molecular weight excluding hydrogens is 326 g/mol. The Morgan fingerprint density at radius 2 is 2.00 bits per heavy atom. The quantitative estimate of drug-likeness (QED) is 0.913. The van der Waals surface area contributed by atoms with Crippen LogP contribution in [-0.4, -0.2) is 19.7 Å². The van der Waals surface area contributed by atoms with Gasteiger partial charge in [0.1, 0.15) is 5.75 Å². The van der Waals surface area contributed by atoms with Crippen LogP contribution in [0.4, 0.5) is 0 Å². The van der Waals surface area contributed by atoms with Crippen LogP contribution in [0, 0.1) is 0 Å². The van der Waals surface area contributed by atoms with E-state index >= 15 is 0 Å². The molecule has 0 aliphatic carbocycles. The minimum absolute atomic E-state index is 0.245. The van der Waals surface area contributed by atoms with Crippen LogP contribution in [0.2, 0.25) is 0 Å². The first-order valence-corrected chi connectivity index (χ1v) is 8.25. The second kappa shape index (κ2) is 5.15. The molecule has 4 rings (SSSR count). The van der Waals surface area contributed by atoms with E-state index in [1.807, 2.05) is 0 Å². The fraction of sp³-hybridized carbons (Fsp3) is 0.333. The number of para-hydroxylation sites is 1. The number of ether oxygens (including phenoxy) is 1. The fourth-order valence-electron chi connectivity index (χ4n) is 3.58. The predicted molar refractivity (Wildman–Crippen MR) is 88.0 cm³/mol. The molecule has 1 saturated heterocycles. The standard InChI is InChI=1S/C18H18BrNO/c19-15-5-3-4-14(8-15)18(11-20-12-18)9-13-10-21-17-7-2-1-6-16(13)17/h1-8,13,20H,9-12H2. The molecule has 108 valence electrons. The Morgan fingerprint density at radius 3 is 2.76 bits per heavy atom. The minimum atomic E-state index is 0.245. The van der Waals surface area contributed by atoms with E-state index in [2.05, 4.69) is 69.8 Å². The molecule has 0 aromatic heterocycles. The molecule has 2 heterocycles. The Labute approximate surface area is 133 Å². The van der Waals surface area contributed by atoms with Crippen molar-refractivity contribution in [2.45, 2.75) is 17.8 Å². The monoisotopic (exact) mass is 343 g/mol. The molecule has 2 nitrogen and oxygen atoms in total. The molecule has 2 aromatic carbocycles. The molecule has 21 heavy (non-hydrogen) atoms. The summed E-state index contributed by atoms with van der Waals surface area (Å²) >= 11 is 3.60. The summed E-state index contributed by atoms with van der Waals surface area (Å²) in [5.41, 5.74) is 3.05. The van der Waals surface area contributed by atoms with Crippen LogP contribution in [0.3, 0.4) is 0 Å². The van der Waals surface area contributed by atoms with E-state index in [0.29, 0.717) is 5.92 Å².